The average molecular weight is 1490 g/mol. The molecule has 0 bridgehead atoms. The van der Waals surface area contributed by atoms with Crippen LogP contribution in [-0.2, 0) is 9.31 Å². The number of ether oxygens (including phenoxy) is 2. The summed E-state index contributed by atoms with van der Waals surface area (Å²) in [6.07, 6.45) is 0. The number of nitrogens with zero attached hydrogens (tertiary/aromatic N) is 4. The molecule has 5 heterocycles. The smallest absolute Gasteiger partial charge is 0.494 e. The van der Waals surface area contributed by atoms with Gasteiger partial charge in [-0.05, 0) is 197 Å². The monoisotopic (exact) mass is 1490 g/mol. The third-order valence-corrected chi connectivity index (χ3v) is 23.2. The molecule has 4 aromatic heterocycles. The predicted molar refractivity (Wildman–Crippen MR) is 477 cm³/mol. The Hall–Kier alpha value is -13.4. The van der Waals surface area contributed by atoms with Crippen molar-refractivity contribution in [3.05, 3.63) is 357 Å². The standard InChI is InChI=1S/C49H32N2O.C36H31BO2.C19H13ClN2O/c1-52-45-20-9-8-18-42(45)44-30-28-35-26-25-34-27-29-43(50-48(34)49(35)51-44)32-21-23-33(24-22-32)46-38-14-4-6-16-40(38)47(41-17-7-5-15-39(41)46)37-19-10-12-31-11-2-3-13-36(31)37;1-35(2)36(3,4)39-37(38-35)26-22-20-25(21-23-26)33-29-15-7-9-17-31(29)34(32-18-10-8-16-30(32)33)28-19-11-13-24-12-5-6-14-27(24)28;1-23-16-5-3-2-4-14(16)15-10-8-12-6-7-13-9-11-17(20)22-19(13)18(12)21-15/h2-30H,1H3;5-23H,1-4H3;2-11H,1H3. The SMILES string of the molecule is CC1(C)OB(c2ccc(-c3c4ccccc4c(-c4cccc5ccccc45)c4ccccc34)cc2)OC1(C)C.COc1ccccc1-c1ccc2ccc3ccc(-c4ccc(-c5c6ccccc6c(-c6cccc7ccccc67)c6ccccc56)cc4)nc3c2n1.COc1ccccc1-c1ccc2ccc3ccc(Cl)nc3c2n1. The molecule has 0 spiro atoms. The summed E-state index contributed by atoms with van der Waals surface area (Å²) in [6, 6.07) is 124. The Morgan fingerprint density at radius 3 is 0.947 bits per heavy atom. The first-order valence-corrected chi connectivity index (χ1v) is 39.0. The van der Waals surface area contributed by atoms with Crippen LogP contribution in [0.2, 0.25) is 5.15 Å². The minimum absolute atomic E-state index is 0.361. The molecule has 0 amide bonds. The van der Waals surface area contributed by atoms with Crippen LogP contribution >= 0.6 is 11.6 Å². The number of hydrogen-bond acceptors (Lipinski definition) is 8. The number of methoxy groups -OCH3 is 2. The van der Waals surface area contributed by atoms with Crippen molar-refractivity contribution in [1.82, 2.24) is 19.9 Å². The molecule has 21 rings (SSSR count). The van der Waals surface area contributed by atoms with Crippen LogP contribution in [-0.4, -0.2) is 52.5 Å². The summed E-state index contributed by atoms with van der Waals surface area (Å²) in [4.78, 5) is 19.6. The topological polar surface area (TPSA) is 88.5 Å². The van der Waals surface area contributed by atoms with E-state index in [4.69, 9.17) is 45.3 Å². The lowest BCUT2D eigenvalue weighted by Crippen LogP contribution is -2.41. The molecular weight excluding hydrogens is 1420 g/mol. The molecule has 0 unspecified atom stereocenters. The van der Waals surface area contributed by atoms with Crippen LogP contribution < -0.4 is 14.9 Å². The number of benzene rings is 16. The highest BCUT2D eigenvalue weighted by Gasteiger charge is 2.51. The molecule has 0 saturated carbocycles. The van der Waals surface area contributed by atoms with Gasteiger partial charge in [-0.3, -0.25) is 0 Å². The fourth-order valence-corrected chi connectivity index (χ4v) is 16.8. The van der Waals surface area contributed by atoms with E-state index < -0.39 is 0 Å². The Morgan fingerprint density at radius 1 is 0.254 bits per heavy atom. The first-order chi connectivity index (χ1) is 55.8. The maximum Gasteiger partial charge on any atom is 0.494 e. The first kappa shape index (κ1) is 70.9. The molecule has 0 aliphatic carbocycles. The molecule has 20 aromatic rings. The van der Waals surface area contributed by atoms with E-state index in [2.05, 4.69) is 300 Å². The van der Waals surface area contributed by atoms with Crippen LogP contribution in [0.3, 0.4) is 0 Å². The number of halogens is 1. The Kier molecular flexibility index (Phi) is 18.3. The van der Waals surface area contributed by atoms with Gasteiger partial charge in [0.15, 0.2) is 0 Å². The number of hydrogen-bond donors (Lipinski definition) is 0. The van der Waals surface area contributed by atoms with E-state index in [0.29, 0.717) is 5.15 Å². The molecule has 546 valence electrons. The van der Waals surface area contributed by atoms with Crippen molar-refractivity contribution in [2.75, 3.05) is 14.2 Å². The molecule has 16 aromatic carbocycles. The third-order valence-electron chi connectivity index (χ3n) is 22.9. The number of para-hydroxylation sites is 2. The van der Waals surface area contributed by atoms with E-state index in [9.17, 15) is 0 Å². The van der Waals surface area contributed by atoms with E-state index >= 15 is 0 Å². The molecule has 0 N–H and O–H groups in total. The van der Waals surface area contributed by atoms with Gasteiger partial charge in [0.05, 0.1) is 64.6 Å². The van der Waals surface area contributed by atoms with Crippen LogP contribution in [0, 0.1) is 0 Å². The fourth-order valence-electron chi connectivity index (χ4n) is 16.6. The van der Waals surface area contributed by atoms with E-state index in [0.717, 1.165) is 94.3 Å². The van der Waals surface area contributed by atoms with Gasteiger partial charge >= 0.3 is 7.12 Å². The molecular formula is C104H76BClN4O4. The van der Waals surface area contributed by atoms with Crippen molar-refractivity contribution < 1.29 is 18.8 Å². The van der Waals surface area contributed by atoms with Crippen LogP contribution in [0.4, 0.5) is 0 Å². The minimum atomic E-state index is -0.369. The number of pyridine rings is 4. The van der Waals surface area contributed by atoms with E-state index in [-0.39, 0.29) is 18.3 Å². The lowest BCUT2D eigenvalue weighted by atomic mass is 9.78. The third kappa shape index (κ3) is 12.7. The second-order valence-electron chi connectivity index (χ2n) is 30.1. The van der Waals surface area contributed by atoms with Crippen LogP contribution in [0.5, 0.6) is 11.5 Å². The summed E-state index contributed by atoms with van der Waals surface area (Å²) in [6.45, 7) is 8.38. The largest absolute Gasteiger partial charge is 0.496 e. The van der Waals surface area contributed by atoms with Crippen molar-refractivity contribution in [2.24, 2.45) is 0 Å². The summed E-state index contributed by atoms with van der Waals surface area (Å²) < 4.78 is 23.7. The van der Waals surface area contributed by atoms with Crippen molar-refractivity contribution in [3.8, 4) is 89.8 Å². The van der Waals surface area contributed by atoms with Gasteiger partial charge in [-0.25, -0.2) is 19.9 Å². The zero-order valence-corrected chi connectivity index (χ0v) is 64.6. The molecule has 1 saturated heterocycles. The molecule has 1 aliphatic heterocycles. The lowest BCUT2D eigenvalue weighted by molar-refractivity contribution is 0.00578. The molecule has 0 atom stereocenters. The van der Waals surface area contributed by atoms with Crippen LogP contribution in [0.1, 0.15) is 27.7 Å². The molecule has 114 heavy (non-hydrogen) atoms. The number of fused-ring (bicyclic) bond motifs is 12. The Labute approximate surface area is 666 Å². The molecule has 8 nitrogen and oxygen atoms in total. The lowest BCUT2D eigenvalue weighted by Gasteiger charge is -2.32. The van der Waals surface area contributed by atoms with E-state index in [1.165, 1.54) is 109 Å². The Bertz CT molecular complexity index is 7050. The number of rotatable bonds is 10. The van der Waals surface area contributed by atoms with Gasteiger partial charge in [0.1, 0.15) is 16.7 Å². The highest BCUT2D eigenvalue weighted by Crippen LogP contribution is 2.49. The Morgan fingerprint density at radius 2 is 0.544 bits per heavy atom. The zero-order chi connectivity index (χ0) is 77.2. The fraction of sp³-hybridized carbons (Fsp3) is 0.0769. The summed E-state index contributed by atoms with van der Waals surface area (Å²) in [7, 11) is 2.99. The predicted octanol–water partition coefficient (Wildman–Crippen LogP) is 26.8. The molecule has 10 heteroatoms. The highest BCUT2D eigenvalue weighted by atomic mass is 35.5. The summed E-state index contributed by atoms with van der Waals surface area (Å²) in [5.41, 5.74) is 19.3. The zero-order valence-electron chi connectivity index (χ0n) is 63.9. The van der Waals surface area contributed by atoms with E-state index in [1.54, 1.807) is 20.3 Å². The van der Waals surface area contributed by atoms with Crippen molar-refractivity contribution in [2.45, 2.75) is 38.9 Å². The van der Waals surface area contributed by atoms with Gasteiger partial charge in [-0.15, -0.1) is 0 Å². The van der Waals surface area contributed by atoms with Crippen molar-refractivity contribution in [3.63, 3.8) is 0 Å². The maximum atomic E-state index is 6.31. The van der Waals surface area contributed by atoms with E-state index in [1.807, 2.05) is 78.9 Å². The van der Waals surface area contributed by atoms with Gasteiger partial charge in [-0.1, -0.05) is 309 Å². The normalized spacial score (nSPS) is 13.1. The maximum absolute atomic E-state index is 6.31. The van der Waals surface area contributed by atoms with Crippen LogP contribution in [0.25, 0.3) is 187 Å². The summed E-state index contributed by atoms with van der Waals surface area (Å²) >= 11 is 6.06. The summed E-state index contributed by atoms with van der Waals surface area (Å²) in [5, 5.41) is 19.7. The number of aromatic nitrogens is 4. The van der Waals surface area contributed by atoms with Crippen LogP contribution in [0.15, 0.2) is 352 Å². The van der Waals surface area contributed by atoms with Gasteiger partial charge in [0.2, 0.25) is 0 Å². The average Bonchev–Trinajstić information content (AvgIpc) is 1.54. The van der Waals surface area contributed by atoms with Gasteiger partial charge in [0.25, 0.3) is 0 Å². The molecule has 0 radical (unpaired) electrons. The highest BCUT2D eigenvalue weighted by molar-refractivity contribution is 6.62. The van der Waals surface area contributed by atoms with Gasteiger partial charge in [0, 0.05) is 38.2 Å². The van der Waals surface area contributed by atoms with Crippen molar-refractivity contribution >= 4 is 132 Å². The quantitative estimate of drug-likeness (QED) is 0.0579. The van der Waals surface area contributed by atoms with Crippen molar-refractivity contribution in [1.29, 1.82) is 0 Å². The van der Waals surface area contributed by atoms with Gasteiger partial charge in [-0.2, -0.15) is 0 Å². The second-order valence-corrected chi connectivity index (χ2v) is 30.5. The molecule has 1 fully saturated rings. The molecule has 1 aliphatic rings. The summed E-state index contributed by atoms with van der Waals surface area (Å²) in [5.74, 6) is 1.60. The van der Waals surface area contributed by atoms with Gasteiger partial charge < -0.3 is 18.8 Å². The minimum Gasteiger partial charge on any atom is -0.496 e. The first-order valence-electron chi connectivity index (χ1n) is 38.6. The Balaban J connectivity index is 0.000000123. The second kappa shape index (κ2) is 29.4.